The highest BCUT2D eigenvalue weighted by Gasteiger charge is 2.57. The number of pyridine rings is 1. The molecule has 0 aliphatic heterocycles. The van der Waals surface area contributed by atoms with Gasteiger partial charge in [-0.1, -0.05) is 24.2 Å². The van der Waals surface area contributed by atoms with Crippen LogP contribution in [0.15, 0.2) is 41.7 Å². The molecule has 2 saturated carbocycles. The molecule has 1 aromatic heterocycles. The molecule has 180 valence electrons. The number of hydrogen-bond donors (Lipinski definition) is 2. The summed E-state index contributed by atoms with van der Waals surface area (Å²) in [6.45, 7) is 2.23. The molecular formula is C27H32FN3O3. The Morgan fingerprint density at radius 3 is 3.00 bits per heavy atom. The molecule has 2 fully saturated rings. The van der Waals surface area contributed by atoms with Crippen molar-refractivity contribution < 1.29 is 19.1 Å². The van der Waals surface area contributed by atoms with E-state index in [-0.39, 0.29) is 23.1 Å². The number of ether oxygens (including phenoxy) is 1. The summed E-state index contributed by atoms with van der Waals surface area (Å²) in [5, 5.41) is 16.4. The number of nitrogens with zero attached hydrogens (tertiary/aromatic N) is 2. The third kappa shape index (κ3) is 3.85. The van der Waals surface area contributed by atoms with E-state index in [0.717, 1.165) is 42.5 Å². The van der Waals surface area contributed by atoms with Crippen LogP contribution in [-0.4, -0.2) is 28.9 Å². The number of benzene rings is 1. The predicted octanol–water partition coefficient (Wildman–Crippen LogP) is 5.56. The van der Waals surface area contributed by atoms with Gasteiger partial charge in [-0.3, -0.25) is 4.79 Å². The Hall–Kier alpha value is -2.96. The predicted molar refractivity (Wildman–Crippen MR) is 128 cm³/mol. The molecule has 0 bridgehead atoms. The number of amides is 1. The van der Waals surface area contributed by atoms with Gasteiger partial charge in [-0.25, -0.2) is 9.37 Å². The van der Waals surface area contributed by atoms with Crippen LogP contribution in [0.5, 0.6) is 5.75 Å². The zero-order chi connectivity index (χ0) is 23.9. The van der Waals surface area contributed by atoms with Crippen molar-refractivity contribution in [3.05, 3.63) is 53.5 Å². The molecular weight excluding hydrogens is 433 g/mol. The van der Waals surface area contributed by atoms with Crippen molar-refractivity contribution in [2.75, 3.05) is 12.4 Å². The van der Waals surface area contributed by atoms with E-state index in [4.69, 9.17) is 4.74 Å². The number of halogens is 1. The van der Waals surface area contributed by atoms with Gasteiger partial charge in [0.15, 0.2) is 0 Å². The first kappa shape index (κ1) is 22.8. The highest BCUT2D eigenvalue weighted by Crippen LogP contribution is 2.62. The zero-order valence-corrected chi connectivity index (χ0v) is 19.8. The van der Waals surface area contributed by atoms with Gasteiger partial charge in [0.05, 0.1) is 12.8 Å². The quantitative estimate of drug-likeness (QED) is 0.447. The molecule has 2 aromatic rings. The number of anilines is 1. The fourth-order valence-electron chi connectivity index (χ4n) is 7.20. The summed E-state index contributed by atoms with van der Waals surface area (Å²) in [7, 11) is 1.58. The topological polar surface area (TPSA) is 83.8 Å². The summed E-state index contributed by atoms with van der Waals surface area (Å²) in [6, 6.07) is 8.92. The first-order chi connectivity index (χ1) is 16.4. The Morgan fingerprint density at radius 2 is 2.21 bits per heavy atom. The highest BCUT2D eigenvalue weighted by molar-refractivity contribution is 5.93. The van der Waals surface area contributed by atoms with Crippen LogP contribution in [0, 0.1) is 29.0 Å². The minimum atomic E-state index is -0.170. The van der Waals surface area contributed by atoms with Gasteiger partial charge in [-0.2, -0.15) is 0 Å². The molecule has 6 nitrogen and oxygen atoms in total. The Labute approximate surface area is 199 Å². The molecule has 34 heavy (non-hydrogen) atoms. The maximum Gasteiger partial charge on any atom is 0.225 e. The van der Waals surface area contributed by atoms with Crippen molar-refractivity contribution in [3.8, 4) is 5.75 Å². The minimum absolute atomic E-state index is 0.0831. The molecule has 5 rings (SSSR count). The molecule has 3 aliphatic carbocycles. The maximum absolute atomic E-state index is 14.5. The van der Waals surface area contributed by atoms with Crippen LogP contribution >= 0.6 is 0 Å². The number of carbonyl (C=O) groups excluding carboxylic acids is 1. The first-order valence-corrected chi connectivity index (χ1v) is 12.2. The van der Waals surface area contributed by atoms with Gasteiger partial charge in [0.2, 0.25) is 5.91 Å². The lowest BCUT2D eigenvalue weighted by molar-refractivity contribution is -0.116. The minimum Gasteiger partial charge on any atom is -0.497 e. The number of rotatable bonds is 5. The lowest BCUT2D eigenvalue weighted by Gasteiger charge is -2.50. The third-order valence-electron chi connectivity index (χ3n) is 8.69. The van der Waals surface area contributed by atoms with Gasteiger partial charge in [0, 0.05) is 24.1 Å². The second-order valence-electron chi connectivity index (χ2n) is 10.3. The summed E-state index contributed by atoms with van der Waals surface area (Å²) in [6.07, 6.45) is 6.98. The van der Waals surface area contributed by atoms with E-state index >= 15 is 0 Å². The van der Waals surface area contributed by atoms with Crippen molar-refractivity contribution in [1.29, 1.82) is 0 Å². The summed E-state index contributed by atoms with van der Waals surface area (Å²) in [5.74, 6) is 2.24. The number of aromatic nitrogens is 1. The number of carbonyl (C=O) groups is 1. The van der Waals surface area contributed by atoms with Crippen LogP contribution in [0.2, 0.25) is 0 Å². The molecule has 7 heteroatoms. The fourth-order valence-corrected chi connectivity index (χ4v) is 7.20. The molecule has 2 N–H and O–H groups in total. The van der Waals surface area contributed by atoms with Gasteiger partial charge in [-0.05, 0) is 85.5 Å². The van der Waals surface area contributed by atoms with Crippen LogP contribution < -0.4 is 10.1 Å². The standard InChI is InChI=1S/C27H32FN3O3/c1-27-12-10-19-18-4-3-5-22(28)20(18)7-8-21(19)26(27)16(14-23(27)31-33)6-9-25(32)30-24-15-17(34-2)11-13-29-24/h3-5,11,13,15-16,19,21,26,33H,6-10,12,14H2,1-2H3,(H,29,30,32)/b31-23+/t16-,19?,21?,26?,27-/m1/s1. The number of methoxy groups -OCH3 is 1. The molecule has 1 heterocycles. The molecule has 0 saturated heterocycles. The van der Waals surface area contributed by atoms with Crippen LogP contribution in [0.3, 0.4) is 0 Å². The molecule has 0 radical (unpaired) electrons. The number of nitrogens with one attached hydrogen (secondary N) is 1. The maximum atomic E-state index is 14.5. The summed E-state index contributed by atoms with van der Waals surface area (Å²) < 4.78 is 19.7. The Kier molecular flexibility index (Phi) is 6.04. The number of fused-ring (bicyclic) bond motifs is 5. The van der Waals surface area contributed by atoms with Gasteiger partial charge in [0.1, 0.15) is 17.4 Å². The van der Waals surface area contributed by atoms with Gasteiger partial charge in [-0.15, -0.1) is 0 Å². The average Bonchev–Trinajstić information content (AvgIpc) is 3.14. The molecule has 5 atom stereocenters. The van der Waals surface area contributed by atoms with E-state index in [1.807, 2.05) is 6.07 Å². The second kappa shape index (κ2) is 9.01. The second-order valence-corrected chi connectivity index (χ2v) is 10.3. The molecule has 0 spiro atoms. The Morgan fingerprint density at radius 1 is 1.35 bits per heavy atom. The molecule has 3 aliphatic rings. The lowest BCUT2D eigenvalue weighted by atomic mass is 9.54. The fraction of sp³-hybridized carbons (Fsp3) is 0.519. The smallest absolute Gasteiger partial charge is 0.225 e. The van der Waals surface area contributed by atoms with Gasteiger partial charge in [0.25, 0.3) is 0 Å². The Bertz CT molecular complexity index is 1120. The van der Waals surface area contributed by atoms with Crippen LogP contribution in [-0.2, 0) is 11.2 Å². The van der Waals surface area contributed by atoms with E-state index in [1.54, 1.807) is 31.5 Å². The van der Waals surface area contributed by atoms with Crippen molar-refractivity contribution in [3.63, 3.8) is 0 Å². The number of hydrogen-bond acceptors (Lipinski definition) is 5. The van der Waals surface area contributed by atoms with Crippen molar-refractivity contribution >= 4 is 17.4 Å². The van der Waals surface area contributed by atoms with Crippen molar-refractivity contribution in [2.45, 2.75) is 57.8 Å². The normalized spacial score (nSPS) is 30.9. The largest absolute Gasteiger partial charge is 0.497 e. The van der Waals surface area contributed by atoms with E-state index in [9.17, 15) is 14.4 Å². The highest BCUT2D eigenvalue weighted by atomic mass is 19.1. The van der Waals surface area contributed by atoms with Crippen LogP contribution in [0.25, 0.3) is 0 Å². The zero-order valence-electron chi connectivity index (χ0n) is 19.8. The van der Waals surface area contributed by atoms with Crippen molar-refractivity contribution in [1.82, 2.24) is 4.98 Å². The number of oxime groups is 1. The van der Waals surface area contributed by atoms with Gasteiger partial charge < -0.3 is 15.3 Å². The Balaban J connectivity index is 1.34. The van der Waals surface area contributed by atoms with E-state index in [1.165, 1.54) is 0 Å². The van der Waals surface area contributed by atoms with Crippen LogP contribution in [0.1, 0.15) is 62.5 Å². The third-order valence-corrected chi connectivity index (χ3v) is 8.69. The summed E-state index contributed by atoms with van der Waals surface area (Å²) in [4.78, 5) is 16.9. The SMILES string of the molecule is COc1ccnc(NC(=O)CC[C@@H]2C/C(=N\O)[C@@]3(C)CCC4c5cccc(F)c5CCC4C23)c1. The monoisotopic (exact) mass is 465 g/mol. The van der Waals surface area contributed by atoms with E-state index in [0.29, 0.717) is 48.6 Å². The van der Waals surface area contributed by atoms with E-state index < -0.39 is 0 Å². The molecule has 3 unspecified atom stereocenters. The molecule has 1 aromatic carbocycles. The first-order valence-electron chi connectivity index (χ1n) is 12.2. The average molecular weight is 466 g/mol. The van der Waals surface area contributed by atoms with Crippen molar-refractivity contribution in [2.24, 2.45) is 28.3 Å². The summed E-state index contributed by atoms with van der Waals surface area (Å²) in [5.41, 5.74) is 2.73. The molecule has 1 amide bonds. The van der Waals surface area contributed by atoms with Gasteiger partial charge >= 0.3 is 0 Å². The van der Waals surface area contributed by atoms with E-state index in [2.05, 4.69) is 28.4 Å². The van der Waals surface area contributed by atoms with Crippen LogP contribution in [0.4, 0.5) is 10.2 Å². The summed E-state index contributed by atoms with van der Waals surface area (Å²) >= 11 is 0. The lowest BCUT2D eigenvalue weighted by Crippen LogP contribution is -2.44.